The van der Waals surface area contributed by atoms with E-state index in [0.29, 0.717) is 0 Å². The van der Waals surface area contributed by atoms with E-state index >= 15 is 0 Å². The van der Waals surface area contributed by atoms with E-state index in [0.717, 1.165) is 17.8 Å². The number of hydrogen-bond donors (Lipinski definition) is 1. The summed E-state index contributed by atoms with van der Waals surface area (Å²) in [5.74, 6) is 2.61. The first-order valence-corrected chi connectivity index (χ1v) is 6.24. The fourth-order valence-corrected chi connectivity index (χ4v) is 2.40. The highest BCUT2D eigenvalue weighted by Crippen LogP contribution is 2.22. The van der Waals surface area contributed by atoms with Gasteiger partial charge in [0.05, 0.1) is 0 Å². The Morgan fingerprint density at radius 2 is 1.71 bits per heavy atom. The maximum absolute atomic E-state index is 3.32. The SMILES string of the molecule is CCCC(C)CC(CNC)CC(C)C. The van der Waals surface area contributed by atoms with Crippen molar-refractivity contribution in [3.8, 4) is 0 Å². The van der Waals surface area contributed by atoms with Gasteiger partial charge in [0, 0.05) is 0 Å². The topological polar surface area (TPSA) is 12.0 Å². The van der Waals surface area contributed by atoms with Crippen molar-refractivity contribution < 1.29 is 0 Å². The average Bonchev–Trinajstić information content (AvgIpc) is 2.03. The molecule has 1 heteroatoms. The van der Waals surface area contributed by atoms with E-state index in [4.69, 9.17) is 0 Å². The van der Waals surface area contributed by atoms with E-state index in [1.165, 1.54) is 32.2 Å². The van der Waals surface area contributed by atoms with E-state index in [1.54, 1.807) is 0 Å². The summed E-state index contributed by atoms with van der Waals surface area (Å²) in [6, 6.07) is 0. The molecule has 0 rings (SSSR count). The fourth-order valence-electron chi connectivity index (χ4n) is 2.40. The third-order valence-electron chi connectivity index (χ3n) is 2.81. The van der Waals surface area contributed by atoms with Gasteiger partial charge in [-0.2, -0.15) is 0 Å². The van der Waals surface area contributed by atoms with Crippen LogP contribution in [0.1, 0.15) is 53.4 Å². The van der Waals surface area contributed by atoms with Crippen molar-refractivity contribution in [2.45, 2.75) is 53.4 Å². The Morgan fingerprint density at radius 1 is 1.07 bits per heavy atom. The lowest BCUT2D eigenvalue weighted by Crippen LogP contribution is -2.22. The van der Waals surface area contributed by atoms with Gasteiger partial charge >= 0.3 is 0 Å². The van der Waals surface area contributed by atoms with Gasteiger partial charge < -0.3 is 5.32 Å². The second-order valence-corrected chi connectivity index (χ2v) is 5.18. The van der Waals surface area contributed by atoms with Crippen LogP contribution in [0, 0.1) is 17.8 Å². The zero-order valence-electron chi connectivity index (χ0n) is 10.8. The normalized spacial score (nSPS) is 15.9. The molecule has 0 heterocycles. The lowest BCUT2D eigenvalue weighted by molar-refractivity contribution is 0.315. The Kier molecular flexibility index (Phi) is 8.26. The predicted molar refractivity (Wildman–Crippen MR) is 65.6 cm³/mol. The van der Waals surface area contributed by atoms with Crippen molar-refractivity contribution in [1.29, 1.82) is 0 Å². The van der Waals surface area contributed by atoms with Crippen LogP contribution in [-0.2, 0) is 0 Å². The van der Waals surface area contributed by atoms with Crippen molar-refractivity contribution in [3.05, 3.63) is 0 Å². The van der Waals surface area contributed by atoms with Gasteiger partial charge in [0.25, 0.3) is 0 Å². The summed E-state index contributed by atoms with van der Waals surface area (Å²) in [5.41, 5.74) is 0. The third kappa shape index (κ3) is 7.37. The summed E-state index contributed by atoms with van der Waals surface area (Å²) in [5, 5.41) is 3.32. The largest absolute Gasteiger partial charge is 0.319 e. The van der Waals surface area contributed by atoms with E-state index < -0.39 is 0 Å². The monoisotopic (exact) mass is 199 g/mol. The third-order valence-corrected chi connectivity index (χ3v) is 2.81. The van der Waals surface area contributed by atoms with Crippen molar-refractivity contribution in [2.24, 2.45) is 17.8 Å². The highest BCUT2D eigenvalue weighted by atomic mass is 14.8. The fraction of sp³-hybridized carbons (Fsp3) is 1.00. The van der Waals surface area contributed by atoms with Crippen molar-refractivity contribution in [1.82, 2.24) is 5.32 Å². The van der Waals surface area contributed by atoms with Gasteiger partial charge in [-0.15, -0.1) is 0 Å². The van der Waals surface area contributed by atoms with Crippen LogP contribution >= 0.6 is 0 Å². The summed E-state index contributed by atoms with van der Waals surface area (Å²) in [7, 11) is 2.07. The minimum absolute atomic E-state index is 0.835. The quantitative estimate of drug-likeness (QED) is 0.628. The van der Waals surface area contributed by atoms with Crippen LogP contribution in [0.4, 0.5) is 0 Å². The molecule has 0 amide bonds. The highest BCUT2D eigenvalue weighted by Gasteiger charge is 2.13. The molecule has 0 aromatic rings. The first-order chi connectivity index (χ1) is 6.60. The molecule has 0 bridgehead atoms. The van der Waals surface area contributed by atoms with Crippen LogP contribution < -0.4 is 5.32 Å². The number of hydrogen-bond acceptors (Lipinski definition) is 1. The Morgan fingerprint density at radius 3 is 2.14 bits per heavy atom. The first-order valence-electron chi connectivity index (χ1n) is 6.24. The summed E-state index contributed by atoms with van der Waals surface area (Å²) in [4.78, 5) is 0. The molecule has 1 nitrogen and oxygen atoms in total. The Labute approximate surface area is 90.7 Å². The van der Waals surface area contributed by atoms with Gasteiger partial charge in [0.2, 0.25) is 0 Å². The van der Waals surface area contributed by atoms with Gasteiger partial charge in [-0.1, -0.05) is 40.5 Å². The number of nitrogens with one attached hydrogen (secondary N) is 1. The summed E-state index contributed by atoms with van der Waals surface area (Å²) in [6.45, 7) is 10.5. The van der Waals surface area contributed by atoms with Crippen LogP contribution in [0.25, 0.3) is 0 Å². The van der Waals surface area contributed by atoms with Crippen molar-refractivity contribution in [2.75, 3.05) is 13.6 Å². The van der Waals surface area contributed by atoms with E-state index in [2.05, 4.69) is 40.1 Å². The van der Waals surface area contributed by atoms with Gasteiger partial charge in [-0.3, -0.25) is 0 Å². The zero-order chi connectivity index (χ0) is 11.0. The maximum Gasteiger partial charge on any atom is -0.00233 e. The van der Waals surface area contributed by atoms with E-state index in [9.17, 15) is 0 Å². The highest BCUT2D eigenvalue weighted by molar-refractivity contribution is 4.67. The summed E-state index contributed by atoms with van der Waals surface area (Å²) in [6.07, 6.45) is 5.48. The zero-order valence-corrected chi connectivity index (χ0v) is 10.8. The second-order valence-electron chi connectivity index (χ2n) is 5.18. The lowest BCUT2D eigenvalue weighted by atomic mass is 9.87. The molecule has 86 valence electrons. The molecule has 0 saturated carbocycles. The smallest absolute Gasteiger partial charge is 0.00233 e. The van der Waals surface area contributed by atoms with Crippen molar-refractivity contribution >= 4 is 0 Å². The van der Waals surface area contributed by atoms with Gasteiger partial charge in [0.1, 0.15) is 0 Å². The maximum atomic E-state index is 3.32. The van der Waals surface area contributed by atoms with Crippen molar-refractivity contribution in [3.63, 3.8) is 0 Å². The summed E-state index contributed by atoms with van der Waals surface area (Å²) < 4.78 is 0. The second kappa shape index (κ2) is 8.28. The molecule has 0 aromatic heterocycles. The molecule has 0 aliphatic rings. The van der Waals surface area contributed by atoms with Crippen LogP contribution in [0.5, 0.6) is 0 Å². The van der Waals surface area contributed by atoms with Crippen LogP contribution in [0.15, 0.2) is 0 Å². The average molecular weight is 199 g/mol. The molecule has 0 aromatic carbocycles. The van der Waals surface area contributed by atoms with E-state index in [-0.39, 0.29) is 0 Å². The Bertz CT molecular complexity index is 120. The standard InChI is InChI=1S/C13H29N/c1-6-7-12(4)9-13(10-14-5)8-11(2)3/h11-14H,6-10H2,1-5H3. The molecule has 0 saturated heterocycles. The molecule has 0 radical (unpaired) electrons. The molecular weight excluding hydrogens is 170 g/mol. The molecule has 2 unspecified atom stereocenters. The Balaban J connectivity index is 3.81. The molecule has 1 N–H and O–H groups in total. The molecule has 0 aliphatic carbocycles. The minimum atomic E-state index is 0.835. The minimum Gasteiger partial charge on any atom is -0.319 e. The first kappa shape index (κ1) is 14.0. The van der Waals surface area contributed by atoms with Gasteiger partial charge in [0.15, 0.2) is 0 Å². The van der Waals surface area contributed by atoms with Crippen LogP contribution in [0.3, 0.4) is 0 Å². The predicted octanol–water partition coefficient (Wildman–Crippen LogP) is 3.69. The van der Waals surface area contributed by atoms with Gasteiger partial charge in [-0.25, -0.2) is 0 Å². The van der Waals surface area contributed by atoms with E-state index in [1.807, 2.05) is 0 Å². The molecule has 2 atom stereocenters. The molecule has 0 fully saturated rings. The van der Waals surface area contributed by atoms with Crippen LogP contribution in [-0.4, -0.2) is 13.6 Å². The van der Waals surface area contributed by atoms with Gasteiger partial charge in [-0.05, 0) is 44.2 Å². The number of rotatable bonds is 8. The Hall–Kier alpha value is -0.0400. The van der Waals surface area contributed by atoms with Crippen LogP contribution in [0.2, 0.25) is 0 Å². The molecular formula is C13H29N. The molecule has 0 spiro atoms. The summed E-state index contributed by atoms with van der Waals surface area (Å²) >= 11 is 0. The molecule has 14 heavy (non-hydrogen) atoms. The molecule has 0 aliphatic heterocycles. The lowest BCUT2D eigenvalue weighted by Gasteiger charge is -2.22.